The van der Waals surface area contributed by atoms with Crippen LogP contribution in [0.4, 0.5) is 0 Å². The highest BCUT2D eigenvalue weighted by molar-refractivity contribution is 5.29. The van der Waals surface area contributed by atoms with Crippen LogP contribution in [0.25, 0.3) is 0 Å². The van der Waals surface area contributed by atoms with Crippen LogP contribution in [0, 0.1) is 13.8 Å². The molecule has 1 rings (SSSR count). The molecule has 0 aliphatic heterocycles. The van der Waals surface area contributed by atoms with Crippen LogP contribution < -0.4 is 5.32 Å². The molecule has 2 nitrogen and oxygen atoms in total. The molecule has 0 fully saturated rings. The lowest BCUT2D eigenvalue weighted by Crippen LogP contribution is -2.19. The van der Waals surface area contributed by atoms with E-state index in [-0.39, 0.29) is 0 Å². The lowest BCUT2D eigenvalue weighted by Gasteiger charge is -2.07. The molecule has 0 atom stereocenters. The van der Waals surface area contributed by atoms with Gasteiger partial charge in [-0.1, -0.05) is 31.5 Å². The van der Waals surface area contributed by atoms with Gasteiger partial charge in [0.05, 0.1) is 6.61 Å². The first-order chi connectivity index (χ1) is 8.24. The van der Waals surface area contributed by atoms with E-state index < -0.39 is 0 Å². The molecular weight excluding hydrogens is 210 g/mol. The number of rotatable bonds is 8. The zero-order chi connectivity index (χ0) is 12.5. The Bertz CT molecular complexity index is 323. The molecular formula is C15H25NO. The number of hydrogen-bond donors (Lipinski definition) is 1. The second kappa shape index (κ2) is 8.26. The Morgan fingerprint density at radius 1 is 1.12 bits per heavy atom. The number of benzene rings is 1. The van der Waals surface area contributed by atoms with Gasteiger partial charge < -0.3 is 10.1 Å². The lowest BCUT2D eigenvalue weighted by atomic mass is 10.1. The van der Waals surface area contributed by atoms with Crippen LogP contribution >= 0.6 is 0 Å². The maximum atomic E-state index is 5.49. The van der Waals surface area contributed by atoms with Crippen LogP contribution in [0.3, 0.4) is 0 Å². The Morgan fingerprint density at radius 3 is 2.65 bits per heavy atom. The van der Waals surface area contributed by atoms with Gasteiger partial charge in [-0.05, 0) is 37.0 Å². The van der Waals surface area contributed by atoms with Crippen LogP contribution in [0.5, 0.6) is 0 Å². The molecule has 0 saturated heterocycles. The van der Waals surface area contributed by atoms with Crippen molar-refractivity contribution in [3.63, 3.8) is 0 Å². The highest BCUT2D eigenvalue weighted by atomic mass is 16.5. The van der Waals surface area contributed by atoms with Crippen LogP contribution in [-0.2, 0) is 11.3 Å². The maximum Gasteiger partial charge on any atom is 0.0591 e. The molecule has 0 aliphatic carbocycles. The summed E-state index contributed by atoms with van der Waals surface area (Å²) in [5.41, 5.74) is 4.07. The summed E-state index contributed by atoms with van der Waals surface area (Å²) in [5.74, 6) is 0. The quantitative estimate of drug-likeness (QED) is 0.699. The molecule has 17 heavy (non-hydrogen) atoms. The van der Waals surface area contributed by atoms with Crippen molar-refractivity contribution in [2.75, 3.05) is 19.8 Å². The number of nitrogens with one attached hydrogen (secondary N) is 1. The van der Waals surface area contributed by atoms with E-state index in [1.807, 2.05) is 0 Å². The third-order valence-corrected chi connectivity index (χ3v) is 2.97. The first-order valence-corrected chi connectivity index (χ1v) is 6.58. The zero-order valence-electron chi connectivity index (χ0n) is 11.4. The number of aryl methyl sites for hydroxylation is 2. The second-order valence-corrected chi connectivity index (χ2v) is 4.56. The molecule has 2 heteroatoms. The minimum Gasteiger partial charge on any atom is -0.380 e. The van der Waals surface area contributed by atoms with E-state index in [1.54, 1.807) is 0 Å². The summed E-state index contributed by atoms with van der Waals surface area (Å²) in [6.45, 7) is 10.0. The van der Waals surface area contributed by atoms with Crippen molar-refractivity contribution in [1.29, 1.82) is 0 Å². The molecule has 1 aromatic carbocycles. The number of ether oxygens (including phenoxy) is 1. The van der Waals surface area contributed by atoms with Gasteiger partial charge in [0.2, 0.25) is 0 Å². The van der Waals surface area contributed by atoms with Crippen LogP contribution in [0.15, 0.2) is 18.2 Å². The normalized spacial score (nSPS) is 10.8. The van der Waals surface area contributed by atoms with Crippen LogP contribution in [-0.4, -0.2) is 19.8 Å². The highest BCUT2D eigenvalue weighted by Gasteiger charge is 1.96. The molecule has 0 unspecified atom stereocenters. The average Bonchev–Trinajstić information content (AvgIpc) is 2.32. The van der Waals surface area contributed by atoms with E-state index in [0.717, 1.165) is 32.7 Å². The topological polar surface area (TPSA) is 21.3 Å². The second-order valence-electron chi connectivity index (χ2n) is 4.56. The fourth-order valence-electron chi connectivity index (χ4n) is 1.64. The predicted molar refractivity (Wildman–Crippen MR) is 73.3 cm³/mol. The standard InChI is InChI=1S/C15H25NO/c1-4-5-9-17-10-8-16-12-15-7-6-13(2)14(3)11-15/h6-7,11,16H,4-5,8-10,12H2,1-3H3. The third kappa shape index (κ3) is 5.85. The molecule has 0 saturated carbocycles. The lowest BCUT2D eigenvalue weighted by molar-refractivity contribution is 0.133. The summed E-state index contributed by atoms with van der Waals surface area (Å²) in [5, 5.41) is 3.40. The molecule has 0 radical (unpaired) electrons. The molecule has 1 aromatic rings. The van der Waals surface area contributed by atoms with Gasteiger partial charge in [0.25, 0.3) is 0 Å². The fourth-order valence-corrected chi connectivity index (χ4v) is 1.64. The Balaban J connectivity index is 2.11. The Kier molecular flexibility index (Phi) is 6.90. The first kappa shape index (κ1) is 14.2. The van der Waals surface area contributed by atoms with Gasteiger partial charge in [-0.2, -0.15) is 0 Å². The van der Waals surface area contributed by atoms with Gasteiger partial charge in [0.1, 0.15) is 0 Å². The van der Waals surface area contributed by atoms with Crippen LogP contribution in [0.1, 0.15) is 36.5 Å². The first-order valence-electron chi connectivity index (χ1n) is 6.58. The largest absolute Gasteiger partial charge is 0.380 e. The van der Waals surface area contributed by atoms with Crippen molar-refractivity contribution in [2.45, 2.75) is 40.2 Å². The molecule has 0 amide bonds. The van der Waals surface area contributed by atoms with Gasteiger partial charge in [-0.25, -0.2) is 0 Å². The maximum absolute atomic E-state index is 5.49. The number of unbranched alkanes of at least 4 members (excludes halogenated alkanes) is 1. The summed E-state index contributed by atoms with van der Waals surface area (Å²) in [6, 6.07) is 6.62. The minimum atomic E-state index is 0.810. The monoisotopic (exact) mass is 235 g/mol. The summed E-state index contributed by atoms with van der Waals surface area (Å²) in [7, 11) is 0. The van der Waals surface area contributed by atoms with Crippen molar-refractivity contribution in [1.82, 2.24) is 5.32 Å². The SMILES string of the molecule is CCCCOCCNCc1ccc(C)c(C)c1. The van der Waals surface area contributed by atoms with Crippen molar-refractivity contribution >= 4 is 0 Å². The summed E-state index contributed by atoms with van der Waals surface area (Å²) < 4.78 is 5.49. The predicted octanol–water partition coefficient (Wildman–Crippen LogP) is 3.21. The molecule has 0 aromatic heterocycles. The van der Waals surface area contributed by atoms with Gasteiger partial charge in [-0.15, -0.1) is 0 Å². The van der Waals surface area contributed by atoms with E-state index in [4.69, 9.17) is 4.74 Å². The molecule has 0 aliphatic rings. The van der Waals surface area contributed by atoms with Crippen LogP contribution in [0.2, 0.25) is 0 Å². The van der Waals surface area contributed by atoms with Gasteiger partial charge >= 0.3 is 0 Å². The van der Waals surface area contributed by atoms with E-state index in [1.165, 1.54) is 23.1 Å². The van der Waals surface area contributed by atoms with E-state index in [0.29, 0.717) is 0 Å². The Morgan fingerprint density at radius 2 is 1.94 bits per heavy atom. The molecule has 0 heterocycles. The fraction of sp³-hybridized carbons (Fsp3) is 0.600. The molecule has 0 bridgehead atoms. The summed E-state index contributed by atoms with van der Waals surface area (Å²) in [6.07, 6.45) is 2.37. The Hall–Kier alpha value is -0.860. The van der Waals surface area contributed by atoms with Gasteiger partial charge in [-0.3, -0.25) is 0 Å². The molecule has 0 spiro atoms. The third-order valence-electron chi connectivity index (χ3n) is 2.97. The van der Waals surface area contributed by atoms with Crippen molar-refractivity contribution < 1.29 is 4.74 Å². The average molecular weight is 235 g/mol. The molecule has 1 N–H and O–H groups in total. The molecule has 96 valence electrons. The highest BCUT2D eigenvalue weighted by Crippen LogP contribution is 2.09. The van der Waals surface area contributed by atoms with Crippen molar-refractivity contribution in [3.8, 4) is 0 Å². The van der Waals surface area contributed by atoms with E-state index in [9.17, 15) is 0 Å². The van der Waals surface area contributed by atoms with Gasteiger partial charge in [0, 0.05) is 19.7 Å². The van der Waals surface area contributed by atoms with Gasteiger partial charge in [0.15, 0.2) is 0 Å². The van der Waals surface area contributed by atoms with E-state index in [2.05, 4.69) is 44.3 Å². The minimum absolute atomic E-state index is 0.810. The number of hydrogen-bond acceptors (Lipinski definition) is 2. The Labute approximate surface area is 105 Å². The zero-order valence-corrected chi connectivity index (χ0v) is 11.4. The van der Waals surface area contributed by atoms with E-state index >= 15 is 0 Å². The van der Waals surface area contributed by atoms with Crippen molar-refractivity contribution in [2.24, 2.45) is 0 Å². The van der Waals surface area contributed by atoms with Crippen molar-refractivity contribution in [3.05, 3.63) is 34.9 Å². The summed E-state index contributed by atoms with van der Waals surface area (Å²) in [4.78, 5) is 0. The summed E-state index contributed by atoms with van der Waals surface area (Å²) >= 11 is 0. The smallest absolute Gasteiger partial charge is 0.0591 e.